The van der Waals surface area contributed by atoms with Gasteiger partial charge in [-0.2, -0.15) is 13.2 Å². The first-order valence-corrected chi connectivity index (χ1v) is 10.7. The van der Waals surface area contributed by atoms with Crippen LogP contribution in [0.15, 0.2) is 42.6 Å². The van der Waals surface area contributed by atoms with Crippen LogP contribution in [0.5, 0.6) is 0 Å². The maximum atomic E-state index is 12.7. The number of carbonyl (C=O) groups excluding carboxylic acids is 2. The molecule has 10 heteroatoms. The number of halogens is 4. The third kappa shape index (κ3) is 6.59. The van der Waals surface area contributed by atoms with E-state index in [0.717, 1.165) is 18.7 Å². The lowest BCUT2D eigenvalue weighted by molar-refractivity contribution is -0.137. The average Bonchev–Trinajstić information content (AvgIpc) is 2.78. The molecule has 2 aromatic rings. The summed E-state index contributed by atoms with van der Waals surface area (Å²) in [6.45, 7) is 1.83. The van der Waals surface area contributed by atoms with Gasteiger partial charge in [-0.3, -0.25) is 9.59 Å². The summed E-state index contributed by atoms with van der Waals surface area (Å²) in [4.78, 5) is 30.6. The van der Waals surface area contributed by atoms with Gasteiger partial charge in [0.05, 0.1) is 11.5 Å². The summed E-state index contributed by atoms with van der Waals surface area (Å²) >= 11 is 5.87. The number of hydrogen-bond donors (Lipinski definition) is 2. The number of alkyl halides is 3. The number of amides is 2. The zero-order chi connectivity index (χ0) is 23.1. The summed E-state index contributed by atoms with van der Waals surface area (Å²) in [7, 11) is 0. The van der Waals surface area contributed by atoms with E-state index in [1.165, 1.54) is 6.07 Å². The molecular formula is C22H24ClF3N4O2. The number of rotatable bonds is 7. The van der Waals surface area contributed by atoms with Gasteiger partial charge in [-0.1, -0.05) is 11.6 Å². The Kier molecular flexibility index (Phi) is 7.95. The fourth-order valence-corrected chi connectivity index (χ4v) is 3.60. The largest absolute Gasteiger partial charge is 0.417 e. The number of carbonyl (C=O) groups is 2. The van der Waals surface area contributed by atoms with Gasteiger partial charge in [0.15, 0.2) is 0 Å². The second-order valence-electron chi connectivity index (χ2n) is 7.60. The number of hydrogen-bond acceptors (Lipinski definition) is 4. The molecule has 2 amide bonds. The molecule has 1 aromatic carbocycles. The molecule has 1 unspecified atom stereocenters. The Morgan fingerprint density at radius 1 is 1.12 bits per heavy atom. The van der Waals surface area contributed by atoms with Crippen molar-refractivity contribution < 1.29 is 22.8 Å². The third-order valence-electron chi connectivity index (χ3n) is 5.22. The smallest absolute Gasteiger partial charge is 0.370 e. The van der Waals surface area contributed by atoms with Gasteiger partial charge >= 0.3 is 6.18 Å². The Labute approximate surface area is 189 Å². The maximum Gasteiger partial charge on any atom is 0.417 e. The highest BCUT2D eigenvalue weighted by Crippen LogP contribution is 2.28. The van der Waals surface area contributed by atoms with Crippen LogP contribution in [-0.4, -0.2) is 47.9 Å². The fourth-order valence-electron chi connectivity index (χ4n) is 3.48. The Hall–Kier alpha value is -2.81. The third-order valence-corrected chi connectivity index (χ3v) is 5.47. The van der Waals surface area contributed by atoms with Crippen LogP contribution < -0.4 is 10.6 Å². The van der Waals surface area contributed by atoms with Gasteiger partial charge in [-0.25, -0.2) is 4.98 Å². The van der Waals surface area contributed by atoms with Crippen molar-refractivity contribution >= 4 is 29.2 Å². The lowest BCUT2D eigenvalue weighted by atomic mass is 9.96. The molecule has 1 atom stereocenters. The number of benzene rings is 1. The van der Waals surface area contributed by atoms with Crippen LogP contribution in [0.2, 0.25) is 5.02 Å². The van der Waals surface area contributed by atoms with Crippen LogP contribution >= 0.6 is 11.6 Å². The highest BCUT2D eigenvalue weighted by molar-refractivity contribution is 6.30. The molecule has 0 spiro atoms. The van der Waals surface area contributed by atoms with E-state index in [4.69, 9.17) is 11.6 Å². The van der Waals surface area contributed by atoms with Crippen molar-refractivity contribution in [2.24, 2.45) is 5.92 Å². The summed E-state index contributed by atoms with van der Waals surface area (Å²) in [6.07, 6.45) is -1.59. The number of likely N-dealkylation sites (tertiary alicyclic amines) is 1. The van der Waals surface area contributed by atoms with Crippen molar-refractivity contribution in [1.82, 2.24) is 15.2 Å². The number of nitrogens with zero attached hydrogens (tertiary/aromatic N) is 2. The van der Waals surface area contributed by atoms with E-state index >= 15 is 0 Å². The van der Waals surface area contributed by atoms with Crippen LogP contribution in [0, 0.1) is 5.92 Å². The van der Waals surface area contributed by atoms with Crippen LogP contribution in [0.3, 0.4) is 0 Å². The van der Waals surface area contributed by atoms with Gasteiger partial charge in [0, 0.05) is 43.0 Å². The second-order valence-corrected chi connectivity index (χ2v) is 8.03. The van der Waals surface area contributed by atoms with Gasteiger partial charge in [-0.05, 0) is 55.7 Å². The predicted octanol–water partition coefficient (Wildman–Crippen LogP) is 4.22. The molecule has 0 bridgehead atoms. The van der Waals surface area contributed by atoms with E-state index < -0.39 is 11.7 Å². The van der Waals surface area contributed by atoms with Crippen LogP contribution in [0.1, 0.15) is 35.2 Å². The van der Waals surface area contributed by atoms with Gasteiger partial charge in [-0.15, -0.1) is 0 Å². The fraction of sp³-hybridized carbons (Fsp3) is 0.409. The minimum Gasteiger partial charge on any atom is -0.370 e. The van der Waals surface area contributed by atoms with Crippen LogP contribution in [-0.2, 0) is 11.0 Å². The minimum absolute atomic E-state index is 0.105. The molecule has 1 aliphatic rings. The number of pyridine rings is 1. The molecule has 0 radical (unpaired) electrons. The van der Waals surface area contributed by atoms with Crippen molar-refractivity contribution in [3.05, 3.63) is 58.7 Å². The zero-order valence-electron chi connectivity index (χ0n) is 17.3. The molecule has 172 valence electrons. The molecule has 2 N–H and O–H groups in total. The van der Waals surface area contributed by atoms with Crippen molar-refractivity contribution in [3.8, 4) is 0 Å². The monoisotopic (exact) mass is 468 g/mol. The minimum atomic E-state index is -4.41. The molecule has 0 aliphatic carbocycles. The normalized spacial score (nSPS) is 16.5. The second kappa shape index (κ2) is 10.7. The summed E-state index contributed by atoms with van der Waals surface area (Å²) in [6, 6.07) is 8.92. The zero-order valence-corrected chi connectivity index (χ0v) is 18.0. The molecule has 0 saturated carbocycles. The Bertz CT molecular complexity index is 920. The van der Waals surface area contributed by atoms with E-state index in [1.54, 1.807) is 29.2 Å². The van der Waals surface area contributed by atoms with Gasteiger partial charge in [0.1, 0.15) is 5.82 Å². The molecular weight excluding hydrogens is 445 g/mol. The van der Waals surface area contributed by atoms with Crippen molar-refractivity contribution in [1.29, 1.82) is 0 Å². The molecule has 6 nitrogen and oxygen atoms in total. The van der Waals surface area contributed by atoms with Gasteiger partial charge < -0.3 is 15.5 Å². The first-order valence-electron chi connectivity index (χ1n) is 10.3. The molecule has 1 aliphatic heterocycles. The highest BCUT2D eigenvalue weighted by Gasteiger charge is 2.31. The van der Waals surface area contributed by atoms with Crippen molar-refractivity contribution in [3.63, 3.8) is 0 Å². The molecule has 32 heavy (non-hydrogen) atoms. The van der Waals surface area contributed by atoms with Crippen molar-refractivity contribution in [2.45, 2.75) is 25.4 Å². The van der Waals surface area contributed by atoms with E-state index in [2.05, 4.69) is 15.6 Å². The Balaban J connectivity index is 1.39. The Morgan fingerprint density at radius 3 is 2.53 bits per heavy atom. The van der Waals surface area contributed by atoms with Gasteiger partial charge in [0.2, 0.25) is 5.91 Å². The SMILES string of the molecule is O=C(NCCCNc1ccc(C(F)(F)F)cn1)C1CCCN(C(=O)c2ccc(Cl)cc2)C1. The molecule has 1 saturated heterocycles. The molecule has 1 fully saturated rings. The Morgan fingerprint density at radius 2 is 1.88 bits per heavy atom. The van der Waals surface area contributed by atoms with Crippen LogP contribution in [0.25, 0.3) is 0 Å². The summed E-state index contributed by atoms with van der Waals surface area (Å²) in [5.74, 6) is -0.156. The van der Waals surface area contributed by atoms with Crippen LogP contribution in [0.4, 0.5) is 19.0 Å². The first-order chi connectivity index (χ1) is 15.2. The number of anilines is 1. The number of nitrogens with one attached hydrogen (secondary N) is 2. The topological polar surface area (TPSA) is 74.3 Å². The van der Waals surface area contributed by atoms with Gasteiger partial charge in [0.25, 0.3) is 5.91 Å². The standard InChI is InChI=1S/C22H24ClF3N4O2/c23-18-7-4-15(5-8-18)21(32)30-12-1-3-16(14-30)20(31)28-11-2-10-27-19-9-6-17(13-29-19)22(24,25)26/h4-9,13,16H,1-3,10-12,14H2,(H,27,29)(H,28,31). The summed E-state index contributed by atoms with van der Waals surface area (Å²) in [5, 5.41) is 6.36. The van der Waals surface area contributed by atoms with E-state index in [-0.39, 0.29) is 17.7 Å². The highest BCUT2D eigenvalue weighted by atomic mass is 35.5. The number of aromatic nitrogens is 1. The maximum absolute atomic E-state index is 12.7. The summed E-state index contributed by atoms with van der Waals surface area (Å²) in [5.41, 5.74) is -0.259. The molecule has 1 aromatic heterocycles. The lowest BCUT2D eigenvalue weighted by Crippen LogP contribution is -2.45. The first kappa shape index (κ1) is 23.8. The van der Waals surface area contributed by atoms with E-state index in [9.17, 15) is 22.8 Å². The van der Waals surface area contributed by atoms with E-state index in [1.807, 2.05) is 0 Å². The predicted molar refractivity (Wildman–Crippen MR) is 115 cm³/mol. The lowest BCUT2D eigenvalue weighted by Gasteiger charge is -2.32. The quantitative estimate of drug-likeness (QED) is 0.596. The molecule has 2 heterocycles. The average molecular weight is 469 g/mol. The van der Waals surface area contributed by atoms with E-state index in [0.29, 0.717) is 55.4 Å². The van der Waals surface area contributed by atoms with Crippen molar-refractivity contribution in [2.75, 3.05) is 31.5 Å². The summed E-state index contributed by atoms with van der Waals surface area (Å²) < 4.78 is 37.6. The molecule has 3 rings (SSSR count). The number of piperidine rings is 1.